The zero-order valence-corrected chi connectivity index (χ0v) is 13.3. The highest BCUT2D eigenvalue weighted by Crippen LogP contribution is 2.17. The molecule has 2 atom stereocenters. The van der Waals surface area contributed by atoms with Gasteiger partial charge in [-0.1, -0.05) is 12.1 Å². The third-order valence-corrected chi connectivity index (χ3v) is 3.33. The average molecular weight is 294 g/mol. The van der Waals surface area contributed by atoms with E-state index < -0.39 is 0 Å². The summed E-state index contributed by atoms with van der Waals surface area (Å²) in [4.78, 5) is 11.9. The Morgan fingerprint density at radius 3 is 2.43 bits per heavy atom. The molecule has 0 heterocycles. The Kier molecular flexibility index (Phi) is 7.79. The van der Waals surface area contributed by atoms with E-state index in [0.29, 0.717) is 13.2 Å². The zero-order valence-electron chi connectivity index (χ0n) is 13.3. The van der Waals surface area contributed by atoms with Crippen molar-refractivity contribution in [1.29, 1.82) is 0 Å². The summed E-state index contributed by atoms with van der Waals surface area (Å²) in [5.74, 6) is 0.835. The van der Waals surface area contributed by atoms with Crippen LogP contribution < -0.4 is 15.4 Å². The lowest BCUT2D eigenvalue weighted by Crippen LogP contribution is -2.43. The Balaban J connectivity index is 2.41. The molecule has 2 N–H and O–H groups in total. The maximum Gasteiger partial charge on any atom is 0.236 e. The monoisotopic (exact) mass is 294 g/mol. The second-order valence-electron chi connectivity index (χ2n) is 5.02. The maximum absolute atomic E-state index is 11.9. The Bertz CT molecular complexity index is 420. The second-order valence-corrected chi connectivity index (χ2v) is 5.02. The van der Waals surface area contributed by atoms with Gasteiger partial charge >= 0.3 is 0 Å². The highest BCUT2D eigenvalue weighted by molar-refractivity contribution is 5.81. The Morgan fingerprint density at radius 2 is 1.86 bits per heavy atom. The first-order valence-electron chi connectivity index (χ1n) is 7.25. The van der Waals surface area contributed by atoms with Crippen LogP contribution in [0.15, 0.2) is 24.3 Å². The highest BCUT2D eigenvalue weighted by atomic mass is 16.5. The van der Waals surface area contributed by atoms with Crippen molar-refractivity contribution in [3.63, 3.8) is 0 Å². The summed E-state index contributed by atoms with van der Waals surface area (Å²) in [6, 6.07) is 7.69. The minimum Gasteiger partial charge on any atom is -0.497 e. The van der Waals surface area contributed by atoms with Crippen molar-refractivity contribution in [3.8, 4) is 5.75 Å². The average Bonchev–Trinajstić information content (AvgIpc) is 2.51. The first kappa shape index (κ1) is 17.5. The lowest BCUT2D eigenvalue weighted by molar-refractivity contribution is -0.122. The molecular formula is C16H26N2O3. The number of carbonyl (C=O) groups excluding carboxylic acids is 1. The van der Waals surface area contributed by atoms with Gasteiger partial charge in [-0.3, -0.25) is 10.1 Å². The van der Waals surface area contributed by atoms with Crippen molar-refractivity contribution in [1.82, 2.24) is 10.6 Å². The summed E-state index contributed by atoms with van der Waals surface area (Å²) in [5.41, 5.74) is 1.12. The molecule has 1 amide bonds. The summed E-state index contributed by atoms with van der Waals surface area (Å²) in [5, 5.41) is 6.18. The Hall–Kier alpha value is -1.59. The molecule has 1 aromatic rings. The number of methoxy groups -OCH3 is 2. The van der Waals surface area contributed by atoms with Crippen LogP contribution in [0.4, 0.5) is 0 Å². The number of ether oxygens (including phenoxy) is 2. The van der Waals surface area contributed by atoms with Crippen LogP contribution >= 0.6 is 0 Å². The molecule has 0 aliphatic rings. The molecular weight excluding hydrogens is 268 g/mol. The molecule has 0 aromatic heterocycles. The van der Waals surface area contributed by atoms with E-state index in [2.05, 4.69) is 10.6 Å². The van der Waals surface area contributed by atoms with E-state index in [4.69, 9.17) is 9.47 Å². The number of carbonyl (C=O) groups is 1. The van der Waals surface area contributed by atoms with Gasteiger partial charge in [0.1, 0.15) is 5.75 Å². The molecule has 0 bridgehead atoms. The molecule has 1 rings (SSSR count). The number of nitrogens with one attached hydrogen (secondary N) is 2. The van der Waals surface area contributed by atoms with Gasteiger partial charge in [0.05, 0.1) is 13.2 Å². The van der Waals surface area contributed by atoms with Crippen molar-refractivity contribution in [2.45, 2.75) is 32.4 Å². The normalized spacial score (nSPS) is 13.5. The third-order valence-electron chi connectivity index (χ3n) is 3.33. The molecule has 0 saturated carbocycles. The van der Waals surface area contributed by atoms with Crippen LogP contribution in [-0.4, -0.2) is 39.3 Å². The standard InChI is InChI=1S/C16H26N2O3/c1-12(14-6-8-15(21-4)9-7-14)18-13(2)16(19)17-10-5-11-20-3/h6-9,12-13,18H,5,10-11H2,1-4H3,(H,17,19)/t12-,13?/m1/s1. The van der Waals surface area contributed by atoms with E-state index in [1.807, 2.05) is 38.1 Å². The molecule has 5 nitrogen and oxygen atoms in total. The van der Waals surface area contributed by atoms with Gasteiger partial charge in [-0.05, 0) is 38.0 Å². The summed E-state index contributed by atoms with van der Waals surface area (Å²) < 4.78 is 10.1. The number of hydrogen-bond acceptors (Lipinski definition) is 4. The van der Waals surface area contributed by atoms with Gasteiger partial charge in [-0.2, -0.15) is 0 Å². The van der Waals surface area contributed by atoms with E-state index in [-0.39, 0.29) is 18.0 Å². The molecule has 0 saturated heterocycles. The van der Waals surface area contributed by atoms with Gasteiger partial charge in [0, 0.05) is 26.3 Å². The van der Waals surface area contributed by atoms with Crippen LogP contribution in [0.3, 0.4) is 0 Å². The largest absolute Gasteiger partial charge is 0.497 e. The fourth-order valence-corrected chi connectivity index (χ4v) is 2.02. The number of rotatable bonds is 9. The number of benzene rings is 1. The van der Waals surface area contributed by atoms with E-state index in [0.717, 1.165) is 17.7 Å². The molecule has 1 unspecified atom stereocenters. The summed E-state index contributed by atoms with van der Waals surface area (Å²) in [7, 11) is 3.30. The van der Waals surface area contributed by atoms with Crippen molar-refractivity contribution >= 4 is 5.91 Å². The van der Waals surface area contributed by atoms with Gasteiger partial charge in [-0.25, -0.2) is 0 Å². The van der Waals surface area contributed by atoms with Crippen LogP contribution in [0.1, 0.15) is 31.9 Å². The van der Waals surface area contributed by atoms with Gasteiger partial charge in [0.2, 0.25) is 5.91 Å². The second kappa shape index (κ2) is 9.37. The highest BCUT2D eigenvalue weighted by Gasteiger charge is 2.15. The lowest BCUT2D eigenvalue weighted by atomic mass is 10.1. The van der Waals surface area contributed by atoms with Crippen molar-refractivity contribution in [3.05, 3.63) is 29.8 Å². The first-order chi connectivity index (χ1) is 10.1. The number of hydrogen-bond donors (Lipinski definition) is 2. The molecule has 118 valence electrons. The molecule has 5 heteroatoms. The summed E-state index contributed by atoms with van der Waals surface area (Å²) in [6.45, 7) is 5.20. The summed E-state index contributed by atoms with van der Waals surface area (Å²) >= 11 is 0. The third kappa shape index (κ3) is 6.14. The van der Waals surface area contributed by atoms with Gasteiger partial charge in [-0.15, -0.1) is 0 Å². The van der Waals surface area contributed by atoms with Crippen molar-refractivity contribution < 1.29 is 14.3 Å². The fraction of sp³-hybridized carbons (Fsp3) is 0.562. The summed E-state index contributed by atoms with van der Waals surface area (Å²) in [6.07, 6.45) is 0.822. The van der Waals surface area contributed by atoms with Crippen LogP contribution in [-0.2, 0) is 9.53 Å². The topological polar surface area (TPSA) is 59.6 Å². The van der Waals surface area contributed by atoms with E-state index in [1.54, 1.807) is 14.2 Å². The molecule has 0 radical (unpaired) electrons. The van der Waals surface area contributed by atoms with Gasteiger partial charge < -0.3 is 14.8 Å². The Morgan fingerprint density at radius 1 is 1.19 bits per heavy atom. The minimum absolute atomic E-state index is 0.00599. The smallest absolute Gasteiger partial charge is 0.236 e. The molecule has 1 aromatic carbocycles. The van der Waals surface area contributed by atoms with Crippen LogP contribution in [0, 0.1) is 0 Å². The predicted molar refractivity (Wildman–Crippen MR) is 83.5 cm³/mol. The molecule has 21 heavy (non-hydrogen) atoms. The molecule has 0 aliphatic heterocycles. The fourth-order valence-electron chi connectivity index (χ4n) is 2.02. The molecule has 0 fully saturated rings. The molecule has 0 spiro atoms. The SMILES string of the molecule is COCCCNC(=O)C(C)N[C@H](C)c1ccc(OC)cc1. The van der Waals surface area contributed by atoms with E-state index in [9.17, 15) is 4.79 Å². The number of amides is 1. The van der Waals surface area contributed by atoms with Crippen molar-refractivity contribution in [2.24, 2.45) is 0 Å². The zero-order chi connectivity index (χ0) is 15.7. The van der Waals surface area contributed by atoms with E-state index >= 15 is 0 Å². The van der Waals surface area contributed by atoms with Crippen LogP contribution in [0.5, 0.6) is 5.75 Å². The van der Waals surface area contributed by atoms with Crippen molar-refractivity contribution in [2.75, 3.05) is 27.4 Å². The lowest BCUT2D eigenvalue weighted by Gasteiger charge is -2.20. The van der Waals surface area contributed by atoms with Crippen LogP contribution in [0.2, 0.25) is 0 Å². The maximum atomic E-state index is 11.9. The van der Waals surface area contributed by atoms with Gasteiger partial charge in [0.25, 0.3) is 0 Å². The minimum atomic E-state index is -0.246. The van der Waals surface area contributed by atoms with Gasteiger partial charge in [0.15, 0.2) is 0 Å². The Labute approximate surface area is 127 Å². The molecule has 0 aliphatic carbocycles. The predicted octanol–water partition coefficient (Wildman–Crippen LogP) is 1.89. The quantitative estimate of drug-likeness (QED) is 0.683. The van der Waals surface area contributed by atoms with E-state index in [1.165, 1.54) is 0 Å². The first-order valence-corrected chi connectivity index (χ1v) is 7.25. The van der Waals surface area contributed by atoms with Crippen LogP contribution in [0.25, 0.3) is 0 Å².